The van der Waals surface area contributed by atoms with Crippen LogP contribution in [0.1, 0.15) is 61.0 Å². The van der Waals surface area contributed by atoms with Crippen LogP contribution in [0.3, 0.4) is 0 Å². The Bertz CT molecular complexity index is 2430. The van der Waals surface area contributed by atoms with Crippen LogP contribution in [-0.2, 0) is 23.2 Å². The van der Waals surface area contributed by atoms with Gasteiger partial charge in [-0.15, -0.1) is 0 Å². The van der Waals surface area contributed by atoms with Gasteiger partial charge in [-0.25, -0.2) is 9.67 Å². The van der Waals surface area contributed by atoms with Crippen molar-refractivity contribution < 1.29 is 23.9 Å². The quantitative estimate of drug-likeness (QED) is 0.226. The highest BCUT2D eigenvalue weighted by atomic mass is 16.5. The molecule has 1 unspecified atom stereocenters. The number of piperidine rings is 2. The Kier molecular flexibility index (Phi) is 10.1. The largest absolute Gasteiger partial charge is 0.481 e. The zero-order valence-electron chi connectivity index (χ0n) is 34.3. The lowest BCUT2D eigenvalue weighted by atomic mass is 10.0. The van der Waals surface area contributed by atoms with Gasteiger partial charge in [-0.2, -0.15) is 5.10 Å². The first kappa shape index (κ1) is 38.3. The van der Waals surface area contributed by atoms with E-state index < -0.39 is 6.10 Å². The van der Waals surface area contributed by atoms with Crippen molar-refractivity contribution in [3.05, 3.63) is 72.1 Å². The molecule has 10 rings (SSSR count). The minimum Gasteiger partial charge on any atom is -0.481 e. The van der Waals surface area contributed by atoms with Crippen molar-refractivity contribution in [3.8, 4) is 22.9 Å². The third-order valence-electron chi connectivity index (χ3n) is 13.2. The second-order valence-electron chi connectivity index (χ2n) is 17.2. The number of anilines is 3. The van der Waals surface area contributed by atoms with Crippen molar-refractivity contribution in [2.45, 2.75) is 70.6 Å². The van der Waals surface area contributed by atoms with Gasteiger partial charge in [-0.1, -0.05) is 0 Å². The van der Waals surface area contributed by atoms with E-state index in [1.165, 1.54) is 5.69 Å². The molecule has 1 aliphatic carbocycles. The number of nitrogens with one attached hydrogen (secondary N) is 2. The number of carbonyl (C=O) groups is 3. The molecule has 15 heteroatoms. The number of aromatic nitrogens is 5. The van der Waals surface area contributed by atoms with Gasteiger partial charge in [0.2, 0.25) is 17.7 Å². The second-order valence-corrected chi connectivity index (χ2v) is 17.2. The maximum absolute atomic E-state index is 14.0. The van der Waals surface area contributed by atoms with Crippen LogP contribution in [0.4, 0.5) is 17.3 Å². The lowest BCUT2D eigenvalue weighted by Gasteiger charge is -2.43. The molecule has 2 aromatic carbocycles. The molecule has 0 spiro atoms. The van der Waals surface area contributed by atoms with Gasteiger partial charge < -0.3 is 23.8 Å². The molecule has 7 heterocycles. The third-order valence-corrected chi connectivity index (χ3v) is 13.2. The van der Waals surface area contributed by atoms with E-state index >= 15 is 0 Å². The Morgan fingerprint density at radius 2 is 1.57 bits per heavy atom. The van der Waals surface area contributed by atoms with Crippen LogP contribution in [0, 0.1) is 18.8 Å². The Balaban J connectivity index is 0.804. The molecule has 4 bridgehead atoms. The summed E-state index contributed by atoms with van der Waals surface area (Å²) in [5.74, 6) is 1.92. The number of carbonyl (C=O) groups excluding carboxylic acids is 3. The predicted octanol–water partition coefficient (Wildman–Crippen LogP) is 5.18. The maximum Gasteiger partial charge on any atom is 0.267 e. The van der Waals surface area contributed by atoms with E-state index in [-0.39, 0.29) is 17.7 Å². The average molecular weight is 813 g/mol. The minimum atomic E-state index is -0.632. The van der Waals surface area contributed by atoms with Crippen LogP contribution < -0.4 is 29.9 Å². The molecule has 1 saturated carbocycles. The van der Waals surface area contributed by atoms with Gasteiger partial charge in [0.15, 0.2) is 6.10 Å². The normalized spacial score (nSPS) is 23.0. The topological polar surface area (TPSA) is 152 Å². The Hall–Kier alpha value is -5.96. The van der Waals surface area contributed by atoms with Gasteiger partial charge in [0.1, 0.15) is 5.75 Å². The lowest BCUT2D eigenvalue weighted by molar-refractivity contribution is -0.138. The smallest absolute Gasteiger partial charge is 0.267 e. The number of imide groups is 1. The summed E-state index contributed by atoms with van der Waals surface area (Å²) < 4.78 is 16.3. The van der Waals surface area contributed by atoms with Gasteiger partial charge in [0, 0.05) is 94.4 Å². The zero-order valence-corrected chi connectivity index (χ0v) is 34.3. The van der Waals surface area contributed by atoms with Crippen LogP contribution in [0.5, 0.6) is 11.6 Å². The molecule has 60 heavy (non-hydrogen) atoms. The number of aryl methyl sites for hydroxylation is 2. The van der Waals surface area contributed by atoms with Crippen molar-refractivity contribution in [2.24, 2.45) is 18.9 Å². The Labute approximate surface area is 349 Å². The van der Waals surface area contributed by atoms with Gasteiger partial charge in [-0.3, -0.25) is 34.9 Å². The van der Waals surface area contributed by atoms with Crippen LogP contribution in [-0.4, -0.2) is 105 Å². The van der Waals surface area contributed by atoms with Crippen molar-refractivity contribution in [1.82, 2.24) is 34.5 Å². The number of piperazine rings is 1. The van der Waals surface area contributed by atoms with Crippen LogP contribution in [0.25, 0.3) is 22.3 Å². The number of pyridine rings is 1. The summed E-state index contributed by atoms with van der Waals surface area (Å²) in [6, 6.07) is 18.7. The molecule has 4 fully saturated rings. The van der Waals surface area contributed by atoms with E-state index in [0.29, 0.717) is 66.2 Å². The predicted molar refractivity (Wildman–Crippen MR) is 227 cm³/mol. The van der Waals surface area contributed by atoms with Crippen molar-refractivity contribution >= 4 is 46.1 Å². The number of hydrogen-bond acceptors (Lipinski definition) is 11. The zero-order chi connectivity index (χ0) is 40.9. The highest BCUT2D eigenvalue weighted by Gasteiger charge is 2.32. The fourth-order valence-electron chi connectivity index (χ4n) is 9.94. The molecule has 3 amide bonds. The van der Waals surface area contributed by atoms with E-state index in [4.69, 9.17) is 19.4 Å². The molecular weight excluding hydrogens is 761 g/mol. The van der Waals surface area contributed by atoms with E-state index in [0.717, 1.165) is 106 Å². The fourth-order valence-corrected chi connectivity index (χ4v) is 9.94. The minimum absolute atomic E-state index is 0.222. The molecule has 4 aliphatic heterocycles. The average Bonchev–Trinajstić information content (AvgIpc) is 3.97. The van der Waals surface area contributed by atoms with Crippen LogP contribution in [0.15, 0.2) is 60.8 Å². The van der Waals surface area contributed by atoms with Gasteiger partial charge in [0.05, 0.1) is 35.1 Å². The molecule has 312 valence electrons. The van der Waals surface area contributed by atoms with Crippen LogP contribution in [0.2, 0.25) is 0 Å². The number of imidazole rings is 1. The summed E-state index contributed by atoms with van der Waals surface area (Å²) in [5, 5.41) is 10.0. The number of nitrogens with zero attached hydrogens (tertiary/aromatic N) is 8. The number of hydrogen-bond donors (Lipinski definition) is 2. The molecule has 2 N–H and O–H groups in total. The number of amides is 3. The van der Waals surface area contributed by atoms with Crippen molar-refractivity contribution in [1.29, 1.82) is 0 Å². The first-order chi connectivity index (χ1) is 29.2. The SMILES string of the molecule is Cc1cc2cc(n1)-c1cnn(C)c1OC[C@H]1CC[C@H](C1)Cn1c(nc3ccc(N4CCN(C5CCN(c6ccc(OC7CCC(=O)NC7=O)cc6)CC5)CC4)cc31)NC2=O. The summed E-state index contributed by atoms with van der Waals surface area (Å²) in [5.41, 5.74) is 6.96. The Morgan fingerprint density at radius 1 is 0.800 bits per heavy atom. The van der Waals surface area contributed by atoms with Gasteiger partial charge in [-0.05, 0) is 105 Å². The summed E-state index contributed by atoms with van der Waals surface area (Å²) in [7, 11) is 1.88. The second kappa shape index (κ2) is 15.9. The van der Waals surface area contributed by atoms with Crippen molar-refractivity contribution in [2.75, 3.05) is 61.0 Å². The summed E-state index contributed by atoms with van der Waals surface area (Å²) >= 11 is 0. The third kappa shape index (κ3) is 7.66. The first-order valence-electron chi connectivity index (χ1n) is 21.5. The molecular formula is C45H52N10O5. The molecule has 15 nitrogen and oxygen atoms in total. The first-order valence-corrected chi connectivity index (χ1v) is 21.5. The van der Waals surface area contributed by atoms with Crippen LogP contribution >= 0.6 is 0 Å². The molecule has 3 aromatic heterocycles. The van der Waals surface area contributed by atoms with Gasteiger partial charge >= 0.3 is 0 Å². The molecule has 5 aliphatic rings. The van der Waals surface area contributed by atoms with E-state index in [1.54, 1.807) is 10.9 Å². The summed E-state index contributed by atoms with van der Waals surface area (Å²) in [4.78, 5) is 54.9. The number of ether oxygens (including phenoxy) is 2. The number of benzene rings is 2. The maximum atomic E-state index is 14.0. The molecule has 0 radical (unpaired) electrons. The Morgan fingerprint density at radius 3 is 2.37 bits per heavy atom. The van der Waals surface area contributed by atoms with Gasteiger partial charge in [0.25, 0.3) is 11.8 Å². The fraction of sp³-hybridized carbons (Fsp3) is 0.467. The highest BCUT2D eigenvalue weighted by Crippen LogP contribution is 2.37. The number of rotatable bonds is 5. The molecule has 3 saturated heterocycles. The van der Waals surface area contributed by atoms with E-state index in [9.17, 15) is 14.4 Å². The van der Waals surface area contributed by atoms with E-state index in [1.807, 2.05) is 38.2 Å². The molecule has 5 aromatic rings. The van der Waals surface area contributed by atoms with E-state index in [2.05, 4.69) is 65.3 Å². The standard InChI is InChI=1S/C45H52N10O5/c1-28-21-31-23-38(47-28)36-25-46-51(2)44(36)59-27-30-4-3-29(22-30)26-55-39-24-34(7-10-37(39)48-45(55)50-42(31)57)54-19-17-53(18-20-54)33-13-15-52(16-14-33)32-5-8-35(9-6-32)60-40-11-12-41(56)49-43(40)58/h5-10,21,23-25,29-30,33,40H,3-4,11-20,22,26-27H2,1-2H3,(H,48,50,57)(H,49,56,58)/t29-,30+,40?/m1/s1. The number of fused-ring (bicyclic) bond motifs is 9. The van der Waals surface area contributed by atoms with Crippen molar-refractivity contribution in [3.63, 3.8) is 0 Å². The summed E-state index contributed by atoms with van der Waals surface area (Å²) in [6.07, 6.45) is 7.26. The lowest BCUT2D eigenvalue weighted by Crippen LogP contribution is -2.53. The monoisotopic (exact) mass is 812 g/mol. The summed E-state index contributed by atoms with van der Waals surface area (Å²) in [6.45, 7) is 9.18. The molecule has 3 atom stereocenters. The highest BCUT2D eigenvalue weighted by molar-refractivity contribution is 6.05.